The van der Waals surface area contributed by atoms with Gasteiger partial charge in [-0.3, -0.25) is 4.79 Å². The zero-order chi connectivity index (χ0) is 9.68. The van der Waals surface area contributed by atoms with E-state index in [1.54, 1.807) is 24.3 Å². The molecule has 0 radical (unpaired) electrons. The lowest BCUT2D eigenvalue weighted by Crippen LogP contribution is -1.88. The van der Waals surface area contributed by atoms with Crippen molar-refractivity contribution in [2.45, 2.75) is 0 Å². The van der Waals surface area contributed by atoms with Crippen molar-refractivity contribution >= 4 is 18.0 Å². The minimum Gasteiger partial charge on any atom is -0.399 e. The second-order valence-electron chi connectivity index (χ2n) is 2.45. The number of nitrogens with two attached hydrogens (primary N) is 1. The molecule has 0 saturated heterocycles. The van der Waals surface area contributed by atoms with E-state index >= 15 is 0 Å². The summed E-state index contributed by atoms with van der Waals surface area (Å²) in [5, 5.41) is 8.70. The number of carbonyl (C=O) groups is 1. The lowest BCUT2D eigenvalue weighted by atomic mass is 10.1. The fourth-order valence-corrected chi connectivity index (χ4v) is 0.964. The van der Waals surface area contributed by atoms with E-state index in [-0.39, 0.29) is 0 Å². The summed E-state index contributed by atoms with van der Waals surface area (Å²) >= 11 is 0. The van der Waals surface area contributed by atoms with Gasteiger partial charge in [0.25, 0.3) is 0 Å². The Morgan fingerprint density at radius 3 is 2.85 bits per heavy atom. The minimum absolute atomic E-state index is 0.507. The maximum atomic E-state index is 10.1. The number of hydrogen-bond acceptors (Lipinski definition) is 3. The van der Waals surface area contributed by atoms with Crippen LogP contribution in [0.1, 0.15) is 11.1 Å². The fourth-order valence-electron chi connectivity index (χ4n) is 0.964. The van der Waals surface area contributed by atoms with Gasteiger partial charge in [-0.05, 0) is 29.8 Å². The molecule has 3 nitrogen and oxygen atoms in total. The predicted octanol–water partition coefficient (Wildman–Crippen LogP) is 1.35. The van der Waals surface area contributed by atoms with Gasteiger partial charge in [0.15, 0.2) is 0 Å². The molecule has 0 heterocycles. The van der Waals surface area contributed by atoms with E-state index in [0.29, 0.717) is 23.1 Å². The molecule has 0 aliphatic heterocycles. The second kappa shape index (κ2) is 4.07. The van der Waals surface area contributed by atoms with E-state index in [2.05, 4.69) is 0 Å². The van der Waals surface area contributed by atoms with Crippen LogP contribution in [0.15, 0.2) is 24.3 Å². The van der Waals surface area contributed by atoms with Crippen molar-refractivity contribution in [3.05, 3.63) is 35.4 Å². The number of anilines is 1. The minimum atomic E-state index is 0.507. The van der Waals surface area contributed by atoms with E-state index in [9.17, 15) is 4.79 Å². The summed E-state index contributed by atoms with van der Waals surface area (Å²) in [5.41, 5.74) is 7.26. The third-order valence-corrected chi connectivity index (χ3v) is 1.55. The van der Waals surface area contributed by atoms with Gasteiger partial charge in [0.1, 0.15) is 6.29 Å². The number of aldehydes is 1. The summed E-state index contributed by atoms with van der Waals surface area (Å²) in [7, 11) is 0. The van der Waals surface area contributed by atoms with Gasteiger partial charge in [0.05, 0.1) is 11.6 Å². The van der Waals surface area contributed by atoms with Crippen LogP contribution < -0.4 is 5.73 Å². The molecule has 64 valence electrons. The molecule has 0 aliphatic rings. The number of hydrogen-bond donors (Lipinski definition) is 1. The topological polar surface area (TPSA) is 66.9 Å². The molecule has 0 fully saturated rings. The van der Waals surface area contributed by atoms with Crippen molar-refractivity contribution in [2.75, 3.05) is 5.73 Å². The Labute approximate surface area is 76.1 Å². The fraction of sp³-hybridized carbons (Fsp3) is 0. The Morgan fingerprint density at radius 2 is 2.23 bits per heavy atom. The van der Waals surface area contributed by atoms with Gasteiger partial charge in [-0.1, -0.05) is 6.08 Å². The van der Waals surface area contributed by atoms with E-state index in [1.165, 1.54) is 6.08 Å². The molecule has 0 spiro atoms. The number of nitrogens with zero attached hydrogens (tertiary/aromatic N) is 1. The van der Waals surface area contributed by atoms with Gasteiger partial charge >= 0.3 is 0 Å². The third kappa shape index (κ3) is 2.17. The molecule has 0 amide bonds. The Kier molecular flexibility index (Phi) is 2.82. The average Bonchev–Trinajstić information content (AvgIpc) is 2.15. The Bertz CT molecular complexity index is 388. The molecule has 1 aromatic rings. The van der Waals surface area contributed by atoms with E-state index in [1.807, 2.05) is 6.07 Å². The summed E-state index contributed by atoms with van der Waals surface area (Å²) in [6.07, 6.45) is 3.54. The van der Waals surface area contributed by atoms with Gasteiger partial charge in [-0.15, -0.1) is 0 Å². The standard InChI is InChI=1S/C10H8N2O/c11-7-9-3-4-10(12)6-8(9)2-1-5-13/h1-6H,12H2. The highest BCUT2D eigenvalue weighted by atomic mass is 16.1. The van der Waals surface area contributed by atoms with Crippen LogP contribution in [0.5, 0.6) is 0 Å². The number of rotatable bonds is 2. The van der Waals surface area contributed by atoms with Crippen molar-refractivity contribution in [1.29, 1.82) is 5.26 Å². The van der Waals surface area contributed by atoms with E-state index in [4.69, 9.17) is 11.0 Å². The normalized spacial score (nSPS) is 9.77. The first-order valence-corrected chi connectivity index (χ1v) is 3.69. The maximum Gasteiger partial charge on any atom is 0.142 e. The summed E-state index contributed by atoms with van der Waals surface area (Å²) in [6.45, 7) is 0. The smallest absolute Gasteiger partial charge is 0.142 e. The lowest BCUT2D eigenvalue weighted by Gasteiger charge is -1.98. The van der Waals surface area contributed by atoms with Gasteiger partial charge in [0, 0.05) is 5.69 Å². The van der Waals surface area contributed by atoms with E-state index < -0.39 is 0 Å². The van der Waals surface area contributed by atoms with Gasteiger partial charge in [-0.25, -0.2) is 0 Å². The Hall–Kier alpha value is -2.08. The van der Waals surface area contributed by atoms with Crippen LogP contribution in [0.3, 0.4) is 0 Å². The van der Waals surface area contributed by atoms with Crippen molar-refractivity contribution in [2.24, 2.45) is 0 Å². The molecule has 1 rings (SSSR count). The quantitative estimate of drug-likeness (QED) is 0.416. The number of allylic oxidation sites excluding steroid dienone is 1. The number of carbonyl (C=O) groups excluding carboxylic acids is 1. The van der Waals surface area contributed by atoms with Crippen LogP contribution >= 0.6 is 0 Å². The second-order valence-corrected chi connectivity index (χ2v) is 2.45. The molecule has 0 unspecified atom stereocenters. The van der Waals surface area contributed by atoms with Crippen molar-refractivity contribution in [3.8, 4) is 6.07 Å². The first kappa shape index (κ1) is 9.01. The van der Waals surface area contributed by atoms with Crippen LogP contribution in [0.25, 0.3) is 6.08 Å². The molecular formula is C10H8N2O. The zero-order valence-electron chi connectivity index (χ0n) is 6.90. The average molecular weight is 172 g/mol. The van der Waals surface area contributed by atoms with Gasteiger partial charge in [-0.2, -0.15) is 5.26 Å². The third-order valence-electron chi connectivity index (χ3n) is 1.55. The SMILES string of the molecule is N#Cc1ccc(N)cc1C=CC=O. The molecular weight excluding hydrogens is 164 g/mol. The largest absolute Gasteiger partial charge is 0.399 e. The number of nitriles is 1. The lowest BCUT2D eigenvalue weighted by molar-refractivity contribution is -0.104. The maximum absolute atomic E-state index is 10.1. The highest BCUT2D eigenvalue weighted by Gasteiger charge is 1.97. The van der Waals surface area contributed by atoms with Crippen molar-refractivity contribution in [3.63, 3.8) is 0 Å². The molecule has 1 aromatic carbocycles. The number of nitrogen functional groups attached to an aromatic ring is 1. The molecule has 3 heteroatoms. The van der Waals surface area contributed by atoms with Crippen LogP contribution in [-0.4, -0.2) is 6.29 Å². The Balaban J connectivity index is 3.17. The highest BCUT2D eigenvalue weighted by Crippen LogP contribution is 2.13. The summed E-state index contributed by atoms with van der Waals surface area (Å²) < 4.78 is 0. The molecule has 0 saturated carbocycles. The van der Waals surface area contributed by atoms with Crippen LogP contribution in [0, 0.1) is 11.3 Å². The monoisotopic (exact) mass is 172 g/mol. The van der Waals surface area contributed by atoms with Crippen LogP contribution in [0.2, 0.25) is 0 Å². The van der Waals surface area contributed by atoms with Gasteiger partial charge < -0.3 is 5.73 Å². The predicted molar refractivity (Wildman–Crippen MR) is 50.7 cm³/mol. The molecule has 0 aliphatic carbocycles. The first-order valence-electron chi connectivity index (χ1n) is 3.69. The van der Waals surface area contributed by atoms with Crippen LogP contribution in [-0.2, 0) is 4.79 Å². The van der Waals surface area contributed by atoms with E-state index in [0.717, 1.165) is 0 Å². The number of benzene rings is 1. The molecule has 13 heavy (non-hydrogen) atoms. The molecule has 0 bridgehead atoms. The summed E-state index contributed by atoms with van der Waals surface area (Å²) in [4.78, 5) is 10.1. The Morgan fingerprint density at radius 1 is 1.46 bits per heavy atom. The zero-order valence-corrected chi connectivity index (χ0v) is 6.90. The van der Waals surface area contributed by atoms with Gasteiger partial charge in [0.2, 0.25) is 0 Å². The van der Waals surface area contributed by atoms with Crippen LogP contribution in [0.4, 0.5) is 5.69 Å². The van der Waals surface area contributed by atoms with Crippen molar-refractivity contribution < 1.29 is 4.79 Å². The molecule has 0 aromatic heterocycles. The molecule has 2 N–H and O–H groups in total. The van der Waals surface area contributed by atoms with Crippen molar-refractivity contribution in [1.82, 2.24) is 0 Å². The summed E-state index contributed by atoms with van der Waals surface area (Å²) in [5.74, 6) is 0. The molecule has 0 atom stereocenters. The highest BCUT2D eigenvalue weighted by molar-refractivity contribution is 5.76. The summed E-state index contributed by atoms with van der Waals surface area (Å²) in [6, 6.07) is 6.93. The first-order chi connectivity index (χ1) is 6.27.